The molecule has 1 aliphatic rings. The van der Waals surface area contributed by atoms with Crippen LogP contribution in [0.3, 0.4) is 0 Å². The molecule has 1 aromatic carbocycles. The Hall–Kier alpha value is -1.85. The number of nitrogens with zero attached hydrogens (tertiary/aromatic N) is 1. The number of carbonyl (C=O) groups excluding carboxylic acids is 1. The van der Waals surface area contributed by atoms with E-state index in [9.17, 15) is 4.79 Å². The highest BCUT2D eigenvalue weighted by molar-refractivity contribution is 5.94. The van der Waals surface area contributed by atoms with Crippen LogP contribution in [-0.2, 0) is 19.4 Å². The molecule has 1 amide bonds. The largest absolute Gasteiger partial charge is 0.350 e. The SMILES string of the molecule is Cc1cc(C)cc(CCNC(=O)c2n[nH]c3c2CNCC3)c1.Cl. The van der Waals surface area contributed by atoms with Crippen LogP contribution < -0.4 is 10.6 Å². The Labute approximate surface area is 142 Å². The lowest BCUT2D eigenvalue weighted by atomic mass is 10.0. The highest BCUT2D eigenvalue weighted by Gasteiger charge is 2.21. The van der Waals surface area contributed by atoms with Crippen LogP contribution in [0, 0.1) is 13.8 Å². The van der Waals surface area contributed by atoms with Crippen LogP contribution in [0.2, 0.25) is 0 Å². The fraction of sp³-hybridized carbons (Fsp3) is 0.412. The van der Waals surface area contributed by atoms with Crippen LogP contribution >= 0.6 is 12.4 Å². The number of rotatable bonds is 4. The molecule has 0 atom stereocenters. The number of benzene rings is 1. The van der Waals surface area contributed by atoms with Gasteiger partial charge in [-0.05, 0) is 25.8 Å². The molecule has 2 aromatic rings. The van der Waals surface area contributed by atoms with Crippen molar-refractivity contribution in [2.24, 2.45) is 0 Å². The van der Waals surface area contributed by atoms with Crippen LogP contribution in [0.25, 0.3) is 0 Å². The van der Waals surface area contributed by atoms with Gasteiger partial charge >= 0.3 is 0 Å². The van der Waals surface area contributed by atoms with Crippen molar-refractivity contribution in [3.63, 3.8) is 0 Å². The molecule has 23 heavy (non-hydrogen) atoms. The van der Waals surface area contributed by atoms with Gasteiger partial charge in [0.05, 0.1) is 0 Å². The zero-order valence-electron chi connectivity index (χ0n) is 13.5. The number of amides is 1. The maximum absolute atomic E-state index is 12.3. The van der Waals surface area contributed by atoms with Crippen LogP contribution in [0.15, 0.2) is 18.2 Å². The van der Waals surface area contributed by atoms with Gasteiger partial charge in [0.25, 0.3) is 5.91 Å². The highest BCUT2D eigenvalue weighted by Crippen LogP contribution is 2.15. The van der Waals surface area contributed by atoms with Crippen molar-refractivity contribution in [2.75, 3.05) is 13.1 Å². The van der Waals surface area contributed by atoms with Gasteiger partial charge in [-0.2, -0.15) is 5.10 Å². The number of aromatic nitrogens is 2. The van der Waals surface area contributed by atoms with Gasteiger partial charge in [0.1, 0.15) is 0 Å². The fourth-order valence-electron chi connectivity index (χ4n) is 3.03. The van der Waals surface area contributed by atoms with Crippen LogP contribution in [0.5, 0.6) is 0 Å². The Bertz CT molecular complexity index is 676. The van der Waals surface area contributed by atoms with E-state index in [-0.39, 0.29) is 18.3 Å². The van der Waals surface area contributed by atoms with Crippen molar-refractivity contribution in [1.29, 1.82) is 0 Å². The van der Waals surface area contributed by atoms with Crippen molar-refractivity contribution in [3.05, 3.63) is 51.8 Å². The topological polar surface area (TPSA) is 69.8 Å². The summed E-state index contributed by atoms with van der Waals surface area (Å²) in [6.45, 7) is 6.46. The zero-order chi connectivity index (χ0) is 15.5. The number of H-pyrrole nitrogens is 1. The average molecular weight is 335 g/mol. The number of halogens is 1. The Balaban J connectivity index is 0.00000192. The van der Waals surface area contributed by atoms with Gasteiger partial charge in [-0.25, -0.2) is 0 Å². The average Bonchev–Trinajstić information content (AvgIpc) is 2.90. The highest BCUT2D eigenvalue weighted by atomic mass is 35.5. The van der Waals surface area contributed by atoms with Gasteiger partial charge in [0.15, 0.2) is 5.69 Å². The van der Waals surface area contributed by atoms with Gasteiger partial charge < -0.3 is 10.6 Å². The number of fused-ring (bicyclic) bond motifs is 1. The number of nitrogens with one attached hydrogen (secondary N) is 3. The first kappa shape index (κ1) is 17.5. The minimum Gasteiger partial charge on any atom is -0.350 e. The minimum absolute atomic E-state index is 0. The van der Waals surface area contributed by atoms with E-state index in [4.69, 9.17) is 0 Å². The summed E-state index contributed by atoms with van der Waals surface area (Å²) in [6, 6.07) is 6.49. The second-order valence-electron chi connectivity index (χ2n) is 5.96. The van der Waals surface area contributed by atoms with Gasteiger partial charge in [0.2, 0.25) is 0 Å². The maximum atomic E-state index is 12.3. The molecule has 1 aromatic heterocycles. The Morgan fingerprint density at radius 2 is 2.00 bits per heavy atom. The molecule has 0 bridgehead atoms. The lowest BCUT2D eigenvalue weighted by Gasteiger charge is -2.13. The maximum Gasteiger partial charge on any atom is 0.272 e. The quantitative estimate of drug-likeness (QED) is 0.801. The molecule has 6 heteroatoms. The van der Waals surface area contributed by atoms with Gasteiger partial charge in [0, 0.05) is 37.3 Å². The second kappa shape index (κ2) is 7.62. The van der Waals surface area contributed by atoms with Crippen LogP contribution in [0.1, 0.15) is 38.4 Å². The van der Waals surface area contributed by atoms with E-state index in [1.165, 1.54) is 16.7 Å². The normalized spacial score (nSPS) is 13.1. The Morgan fingerprint density at radius 3 is 2.74 bits per heavy atom. The number of aromatic amines is 1. The summed E-state index contributed by atoms with van der Waals surface area (Å²) in [5.41, 5.74) is 6.39. The summed E-state index contributed by atoms with van der Waals surface area (Å²) in [5.74, 6) is -0.0921. The van der Waals surface area contributed by atoms with Crippen molar-refractivity contribution in [3.8, 4) is 0 Å². The van der Waals surface area contributed by atoms with Gasteiger partial charge in [-0.3, -0.25) is 9.89 Å². The van der Waals surface area contributed by atoms with E-state index in [0.717, 1.165) is 30.6 Å². The monoisotopic (exact) mass is 334 g/mol. The summed E-state index contributed by atoms with van der Waals surface area (Å²) in [4.78, 5) is 12.3. The number of hydrogen-bond donors (Lipinski definition) is 3. The van der Waals surface area contributed by atoms with Gasteiger partial charge in [-0.15, -0.1) is 12.4 Å². The van der Waals surface area contributed by atoms with E-state index in [2.05, 4.69) is 52.9 Å². The third kappa shape index (κ3) is 4.12. The van der Waals surface area contributed by atoms with E-state index in [1.54, 1.807) is 0 Å². The number of hydrogen-bond acceptors (Lipinski definition) is 3. The van der Waals surface area contributed by atoms with Crippen LogP contribution in [-0.4, -0.2) is 29.2 Å². The summed E-state index contributed by atoms with van der Waals surface area (Å²) in [5, 5.41) is 13.4. The molecule has 3 N–H and O–H groups in total. The molecule has 1 aliphatic heterocycles. The number of carbonyl (C=O) groups is 1. The lowest BCUT2D eigenvalue weighted by Crippen LogP contribution is -2.29. The standard InChI is InChI=1S/C17H22N4O.ClH/c1-11-7-12(2)9-13(8-11)3-6-19-17(22)16-14-10-18-5-4-15(14)20-21-16;/h7-9,18H,3-6,10H2,1-2H3,(H,19,22)(H,20,21);1H. The summed E-state index contributed by atoms with van der Waals surface area (Å²) >= 11 is 0. The predicted molar refractivity (Wildman–Crippen MR) is 93.2 cm³/mol. The fourth-order valence-corrected chi connectivity index (χ4v) is 3.03. The van der Waals surface area contributed by atoms with Gasteiger partial charge in [-0.1, -0.05) is 29.3 Å². The zero-order valence-corrected chi connectivity index (χ0v) is 14.3. The van der Waals surface area contributed by atoms with Crippen molar-refractivity contribution in [1.82, 2.24) is 20.8 Å². The summed E-state index contributed by atoms with van der Waals surface area (Å²) < 4.78 is 0. The first-order valence-corrected chi connectivity index (χ1v) is 7.75. The van der Waals surface area contributed by atoms with Crippen molar-refractivity contribution in [2.45, 2.75) is 33.2 Å². The molecule has 0 spiro atoms. The molecule has 0 saturated carbocycles. The summed E-state index contributed by atoms with van der Waals surface area (Å²) in [7, 11) is 0. The molecule has 0 radical (unpaired) electrons. The van der Waals surface area contributed by atoms with E-state index in [0.29, 0.717) is 18.8 Å². The third-order valence-electron chi connectivity index (χ3n) is 4.00. The lowest BCUT2D eigenvalue weighted by molar-refractivity contribution is 0.0948. The molecule has 0 aliphatic carbocycles. The van der Waals surface area contributed by atoms with Crippen molar-refractivity contribution < 1.29 is 4.79 Å². The molecule has 5 nitrogen and oxygen atoms in total. The summed E-state index contributed by atoms with van der Waals surface area (Å²) in [6.07, 6.45) is 1.73. The molecular weight excluding hydrogens is 312 g/mol. The first-order chi connectivity index (χ1) is 10.6. The van der Waals surface area contributed by atoms with E-state index < -0.39 is 0 Å². The predicted octanol–water partition coefficient (Wildman–Crippen LogP) is 2.07. The number of aryl methyl sites for hydroxylation is 2. The first-order valence-electron chi connectivity index (χ1n) is 7.75. The Kier molecular flexibility index (Phi) is 5.80. The minimum atomic E-state index is -0.0921. The smallest absolute Gasteiger partial charge is 0.272 e. The molecule has 0 unspecified atom stereocenters. The molecule has 124 valence electrons. The second-order valence-corrected chi connectivity index (χ2v) is 5.96. The van der Waals surface area contributed by atoms with Crippen LogP contribution in [0.4, 0.5) is 0 Å². The molecule has 0 fully saturated rings. The molecular formula is C17H23ClN4O. The third-order valence-corrected chi connectivity index (χ3v) is 4.00. The van der Waals surface area contributed by atoms with E-state index >= 15 is 0 Å². The van der Waals surface area contributed by atoms with E-state index in [1.807, 2.05) is 0 Å². The molecule has 2 heterocycles. The molecule has 3 rings (SSSR count). The molecule has 0 saturated heterocycles. The van der Waals surface area contributed by atoms with Crippen molar-refractivity contribution >= 4 is 18.3 Å². The Morgan fingerprint density at radius 1 is 1.26 bits per heavy atom.